The second-order valence-electron chi connectivity index (χ2n) is 5.69. The molecule has 0 aliphatic carbocycles. The van der Waals surface area contributed by atoms with Gasteiger partial charge in [0.15, 0.2) is 29.1 Å². The fraction of sp³-hybridized carbons (Fsp3) is 0.167. The Labute approximate surface area is 149 Å². The third-order valence-corrected chi connectivity index (χ3v) is 5.14. The van der Waals surface area contributed by atoms with Crippen molar-refractivity contribution in [3.05, 3.63) is 64.6 Å². The van der Waals surface area contributed by atoms with Gasteiger partial charge in [0.2, 0.25) is 5.82 Å². The molecule has 1 heterocycles. The van der Waals surface area contributed by atoms with E-state index < -0.39 is 45.0 Å². The van der Waals surface area contributed by atoms with E-state index in [2.05, 4.69) is 4.98 Å². The Morgan fingerprint density at radius 3 is 2.12 bits per heavy atom. The van der Waals surface area contributed by atoms with E-state index in [4.69, 9.17) is 0 Å². The van der Waals surface area contributed by atoms with Crippen LogP contribution < -0.4 is 0 Å². The maximum atomic E-state index is 13.8. The maximum Gasteiger partial charge on any atom is 0.200 e. The lowest BCUT2D eigenvalue weighted by atomic mass is 10.1. The maximum absolute atomic E-state index is 13.8. The minimum absolute atomic E-state index is 0.297. The lowest BCUT2D eigenvalue weighted by Gasteiger charge is -2.13. The number of hydrogen-bond donors (Lipinski definition) is 1. The van der Waals surface area contributed by atoms with Gasteiger partial charge in [-0.3, -0.25) is 4.79 Å². The van der Waals surface area contributed by atoms with E-state index in [0.29, 0.717) is 33.9 Å². The Balaban J connectivity index is 2.00. The van der Waals surface area contributed by atoms with E-state index in [1.54, 1.807) is 31.2 Å². The summed E-state index contributed by atoms with van der Waals surface area (Å²) in [5, 5.41) is -0.443. The van der Waals surface area contributed by atoms with Gasteiger partial charge in [-0.15, -0.1) is 11.8 Å². The molecule has 26 heavy (non-hydrogen) atoms. The minimum Gasteiger partial charge on any atom is -0.358 e. The molecule has 0 radical (unpaired) electrons. The molecular weight excluding hydrogens is 373 g/mol. The second kappa shape index (κ2) is 6.75. The average Bonchev–Trinajstić information content (AvgIpc) is 2.96. The predicted octanol–water partition coefficient (Wildman–Crippen LogP) is 5.54. The molecule has 0 spiro atoms. The number of thioether (sulfide) groups is 1. The summed E-state index contributed by atoms with van der Waals surface area (Å²) in [6, 6.07) is 6.98. The SMILES string of the molecule is Cc1[nH]c2ccccc2c1C(=O)[C@@H](C)Sc1c(F)c(F)c(F)c(F)c1F. The highest BCUT2D eigenvalue weighted by Crippen LogP contribution is 2.35. The van der Waals surface area contributed by atoms with E-state index in [1.807, 2.05) is 0 Å². The van der Waals surface area contributed by atoms with Gasteiger partial charge in [0, 0.05) is 22.2 Å². The smallest absolute Gasteiger partial charge is 0.200 e. The fourth-order valence-corrected chi connectivity index (χ4v) is 3.68. The minimum atomic E-state index is -2.23. The van der Waals surface area contributed by atoms with Gasteiger partial charge < -0.3 is 4.98 Å². The third kappa shape index (κ3) is 2.88. The van der Waals surface area contributed by atoms with Crippen molar-refractivity contribution in [1.29, 1.82) is 0 Å². The van der Waals surface area contributed by atoms with Crippen molar-refractivity contribution in [2.24, 2.45) is 0 Å². The highest BCUT2D eigenvalue weighted by Gasteiger charge is 2.30. The van der Waals surface area contributed by atoms with Crippen LogP contribution in [0.25, 0.3) is 10.9 Å². The molecule has 3 aromatic rings. The van der Waals surface area contributed by atoms with Gasteiger partial charge in [0.05, 0.1) is 10.1 Å². The van der Waals surface area contributed by atoms with Gasteiger partial charge in [0.1, 0.15) is 0 Å². The first kappa shape index (κ1) is 18.4. The van der Waals surface area contributed by atoms with Gasteiger partial charge >= 0.3 is 0 Å². The molecule has 2 aromatic carbocycles. The third-order valence-electron chi connectivity index (χ3n) is 3.97. The van der Waals surface area contributed by atoms with Crippen LogP contribution >= 0.6 is 11.8 Å². The average molecular weight is 385 g/mol. The number of Topliss-reactive ketones (excluding diaryl/α,β-unsaturated/α-hetero) is 1. The summed E-state index contributed by atoms with van der Waals surface area (Å²) < 4.78 is 67.5. The summed E-state index contributed by atoms with van der Waals surface area (Å²) in [7, 11) is 0. The number of aromatic amines is 1. The van der Waals surface area contributed by atoms with Crippen molar-refractivity contribution < 1.29 is 26.7 Å². The monoisotopic (exact) mass is 385 g/mol. The first-order chi connectivity index (χ1) is 12.2. The number of hydrogen-bond acceptors (Lipinski definition) is 2. The van der Waals surface area contributed by atoms with Gasteiger partial charge in [-0.1, -0.05) is 18.2 Å². The molecule has 0 saturated heterocycles. The molecule has 0 fully saturated rings. The molecular formula is C18H12F5NOS. The zero-order valence-electron chi connectivity index (χ0n) is 13.6. The number of nitrogens with one attached hydrogen (secondary N) is 1. The molecule has 8 heteroatoms. The number of benzene rings is 2. The normalized spacial score (nSPS) is 12.6. The van der Waals surface area contributed by atoms with Crippen molar-refractivity contribution in [3.8, 4) is 0 Å². The second-order valence-corrected chi connectivity index (χ2v) is 7.05. The van der Waals surface area contributed by atoms with Crippen LogP contribution in [0.2, 0.25) is 0 Å². The number of carbonyl (C=O) groups is 1. The van der Waals surface area contributed by atoms with E-state index in [-0.39, 0.29) is 0 Å². The largest absolute Gasteiger partial charge is 0.358 e. The molecule has 0 aliphatic heterocycles. The highest BCUT2D eigenvalue weighted by molar-refractivity contribution is 8.00. The lowest BCUT2D eigenvalue weighted by Crippen LogP contribution is -2.16. The molecule has 0 saturated carbocycles. The molecule has 0 unspecified atom stereocenters. The standard InChI is InChI=1S/C18H12F5NOS/c1-7-11(9-5-3-4-6-10(9)24-7)17(25)8(2)26-18-15(22)13(20)12(19)14(21)16(18)23/h3-6,8,24H,1-2H3/t8-/m1/s1. The molecule has 3 rings (SSSR count). The lowest BCUT2D eigenvalue weighted by molar-refractivity contribution is 0.0995. The van der Waals surface area contributed by atoms with Crippen LogP contribution in [0.5, 0.6) is 0 Å². The highest BCUT2D eigenvalue weighted by atomic mass is 32.2. The van der Waals surface area contributed by atoms with Crippen molar-refractivity contribution >= 4 is 28.4 Å². The van der Waals surface area contributed by atoms with Crippen LogP contribution in [0.15, 0.2) is 29.2 Å². The fourth-order valence-electron chi connectivity index (χ4n) is 2.72. The molecule has 1 N–H and O–H groups in total. The van der Waals surface area contributed by atoms with Gasteiger partial charge in [-0.05, 0) is 19.9 Å². The number of aromatic nitrogens is 1. The van der Waals surface area contributed by atoms with E-state index in [1.165, 1.54) is 6.92 Å². The van der Waals surface area contributed by atoms with Gasteiger partial charge in [-0.2, -0.15) is 0 Å². The number of H-pyrrole nitrogens is 1. The quantitative estimate of drug-likeness (QED) is 0.210. The van der Waals surface area contributed by atoms with Crippen molar-refractivity contribution in [2.45, 2.75) is 24.0 Å². The summed E-state index contributed by atoms with van der Waals surface area (Å²) >= 11 is 0.297. The topological polar surface area (TPSA) is 32.9 Å². The number of halogens is 5. The summed E-state index contributed by atoms with van der Waals surface area (Å²) in [6.45, 7) is 3.02. The van der Waals surface area contributed by atoms with Crippen molar-refractivity contribution in [3.63, 3.8) is 0 Å². The zero-order valence-corrected chi connectivity index (χ0v) is 14.4. The summed E-state index contributed by atoms with van der Waals surface area (Å²) in [5.74, 6) is -10.7. The van der Waals surface area contributed by atoms with E-state index in [0.717, 1.165) is 0 Å². The predicted molar refractivity (Wildman–Crippen MR) is 88.9 cm³/mol. The zero-order chi connectivity index (χ0) is 19.2. The molecule has 0 bridgehead atoms. The molecule has 0 amide bonds. The first-order valence-corrected chi connectivity index (χ1v) is 8.41. The summed E-state index contributed by atoms with van der Waals surface area (Å²) in [6.07, 6.45) is 0. The summed E-state index contributed by atoms with van der Waals surface area (Å²) in [5.41, 5.74) is 1.59. The number of rotatable bonds is 4. The molecule has 136 valence electrons. The number of fused-ring (bicyclic) bond motifs is 1. The Morgan fingerprint density at radius 2 is 1.50 bits per heavy atom. The van der Waals surface area contributed by atoms with Gasteiger partial charge in [0.25, 0.3) is 0 Å². The molecule has 1 aromatic heterocycles. The Kier molecular flexibility index (Phi) is 4.79. The number of ketones is 1. The number of aryl methyl sites for hydroxylation is 1. The molecule has 0 aliphatic rings. The van der Waals surface area contributed by atoms with Crippen molar-refractivity contribution in [1.82, 2.24) is 4.98 Å². The Hall–Kier alpha value is -2.35. The number of carbonyl (C=O) groups excluding carboxylic acids is 1. The van der Waals surface area contributed by atoms with Crippen LogP contribution in [0.4, 0.5) is 22.0 Å². The van der Waals surface area contributed by atoms with Crippen LogP contribution in [0.3, 0.4) is 0 Å². The Morgan fingerprint density at radius 1 is 0.962 bits per heavy atom. The van der Waals surface area contributed by atoms with Crippen LogP contribution in [-0.4, -0.2) is 16.0 Å². The van der Waals surface area contributed by atoms with Crippen molar-refractivity contribution in [2.75, 3.05) is 0 Å². The molecule has 2 nitrogen and oxygen atoms in total. The van der Waals surface area contributed by atoms with Crippen LogP contribution in [0.1, 0.15) is 23.0 Å². The summed E-state index contributed by atoms with van der Waals surface area (Å²) in [4.78, 5) is 14.7. The van der Waals surface area contributed by atoms with Crippen LogP contribution in [-0.2, 0) is 0 Å². The molecule has 1 atom stereocenters. The number of para-hydroxylation sites is 1. The van der Waals surface area contributed by atoms with E-state index in [9.17, 15) is 26.7 Å². The first-order valence-electron chi connectivity index (χ1n) is 7.53. The van der Waals surface area contributed by atoms with Crippen LogP contribution in [0, 0.1) is 36.0 Å². The van der Waals surface area contributed by atoms with Gasteiger partial charge in [-0.25, -0.2) is 22.0 Å². The van der Waals surface area contributed by atoms with E-state index >= 15 is 0 Å². The Bertz CT molecular complexity index is 1000.